The van der Waals surface area contributed by atoms with E-state index in [1.54, 1.807) is 7.05 Å². The second kappa shape index (κ2) is 7.38. The molecule has 1 aromatic carbocycles. The number of hydrogen-bond donors (Lipinski definition) is 2. The Bertz CT molecular complexity index is 519. The molecule has 0 heterocycles. The Kier molecular flexibility index (Phi) is 5.51. The monoisotopic (exact) mass is 307 g/mol. The number of aliphatic hydroxyl groups excluding tert-OH is 1. The van der Waals surface area contributed by atoms with Gasteiger partial charge >= 0.3 is 5.97 Å². The van der Waals surface area contributed by atoms with Gasteiger partial charge in [0.1, 0.15) is 0 Å². The highest BCUT2D eigenvalue weighted by atomic mass is 16.5. The summed E-state index contributed by atoms with van der Waals surface area (Å²) in [6, 6.07) is 9.61. The van der Waals surface area contributed by atoms with Crippen LogP contribution in [0.25, 0.3) is 0 Å². The van der Waals surface area contributed by atoms with Gasteiger partial charge in [-0.3, -0.25) is 9.59 Å². The number of nitrogens with zero attached hydrogens (tertiary/aromatic N) is 1. The van der Waals surface area contributed by atoms with Crippen molar-refractivity contribution in [2.24, 2.45) is 11.8 Å². The Labute approximate surface area is 129 Å². The van der Waals surface area contributed by atoms with Gasteiger partial charge in [0.15, 0.2) is 0 Å². The smallest absolute Gasteiger partial charge is 0.307 e. The third kappa shape index (κ3) is 4.54. The minimum atomic E-state index is -0.932. The average Bonchev–Trinajstić information content (AvgIpc) is 3.28. The summed E-state index contributed by atoms with van der Waals surface area (Å²) in [6.07, 6.45) is -0.404. The summed E-state index contributed by atoms with van der Waals surface area (Å²) in [5.41, 5.74) is 1.02. The topological polar surface area (TPSA) is 87.1 Å². The minimum absolute atomic E-state index is 0.125. The van der Waals surface area contributed by atoms with Crippen molar-refractivity contribution in [3.05, 3.63) is 35.9 Å². The Morgan fingerprint density at radius 3 is 2.59 bits per heavy atom. The van der Waals surface area contributed by atoms with Crippen LogP contribution < -0.4 is 0 Å². The molecular weight excluding hydrogens is 286 g/mol. The minimum Gasteiger partial charge on any atom is -0.481 e. The zero-order valence-electron chi connectivity index (χ0n) is 12.5. The van der Waals surface area contributed by atoms with E-state index in [1.807, 2.05) is 30.3 Å². The highest BCUT2D eigenvalue weighted by Gasteiger charge is 2.49. The lowest BCUT2D eigenvalue weighted by Gasteiger charge is -2.21. The van der Waals surface area contributed by atoms with Crippen LogP contribution in [-0.2, 0) is 20.9 Å². The summed E-state index contributed by atoms with van der Waals surface area (Å²) in [5, 5.41) is 18.7. The Morgan fingerprint density at radius 2 is 2.00 bits per heavy atom. The van der Waals surface area contributed by atoms with Crippen molar-refractivity contribution >= 4 is 11.9 Å². The van der Waals surface area contributed by atoms with E-state index in [0.717, 1.165) is 5.56 Å². The SMILES string of the molecule is CN(C[C@H](O)COCc1ccccc1)C(=O)[C@@H]1C[C@H]1C(=O)O. The van der Waals surface area contributed by atoms with Gasteiger partial charge in [0.25, 0.3) is 0 Å². The molecule has 0 spiro atoms. The van der Waals surface area contributed by atoms with Crippen LogP contribution in [0.4, 0.5) is 0 Å². The molecule has 3 atom stereocenters. The van der Waals surface area contributed by atoms with Gasteiger partial charge in [0.2, 0.25) is 5.91 Å². The van der Waals surface area contributed by atoms with Gasteiger partial charge in [-0.1, -0.05) is 30.3 Å². The lowest BCUT2D eigenvalue weighted by Crippen LogP contribution is -2.37. The van der Waals surface area contributed by atoms with Gasteiger partial charge in [0.05, 0.1) is 31.2 Å². The number of ether oxygens (including phenoxy) is 1. The Balaban J connectivity index is 1.67. The molecule has 0 unspecified atom stereocenters. The molecule has 0 bridgehead atoms. The number of benzene rings is 1. The maximum absolute atomic E-state index is 12.0. The van der Waals surface area contributed by atoms with Gasteiger partial charge in [-0.15, -0.1) is 0 Å². The van der Waals surface area contributed by atoms with E-state index >= 15 is 0 Å². The van der Waals surface area contributed by atoms with Crippen LogP contribution in [0.5, 0.6) is 0 Å². The van der Waals surface area contributed by atoms with Crippen LogP contribution in [0.2, 0.25) is 0 Å². The van der Waals surface area contributed by atoms with Gasteiger partial charge in [0, 0.05) is 13.6 Å². The maximum Gasteiger partial charge on any atom is 0.307 e. The van der Waals surface area contributed by atoms with E-state index in [9.17, 15) is 14.7 Å². The van der Waals surface area contributed by atoms with Gasteiger partial charge in [-0.25, -0.2) is 0 Å². The highest BCUT2D eigenvalue weighted by molar-refractivity contribution is 5.89. The molecule has 0 radical (unpaired) electrons. The molecule has 2 rings (SSSR count). The lowest BCUT2D eigenvalue weighted by molar-refractivity contribution is -0.142. The standard InChI is InChI=1S/C16H21NO5/c1-17(15(19)13-7-14(13)16(20)21)8-12(18)10-22-9-11-5-3-2-4-6-11/h2-6,12-14,18H,7-10H2,1H3,(H,20,21)/t12-,13+,14+/m0/s1. The van der Waals surface area contributed by atoms with E-state index in [1.165, 1.54) is 4.90 Å². The fraction of sp³-hybridized carbons (Fsp3) is 0.500. The summed E-state index contributed by atoms with van der Waals surface area (Å²) >= 11 is 0. The van der Waals surface area contributed by atoms with Gasteiger partial charge in [-0.05, 0) is 12.0 Å². The van der Waals surface area contributed by atoms with Crippen molar-refractivity contribution in [2.45, 2.75) is 19.1 Å². The van der Waals surface area contributed by atoms with Crippen LogP contribution in [0.3, 0.4) is 0 Å². The number of aliphatic carboxylic acids is 1. The zero-order chi connectivity index (χ0) is 16.1. The largest absolute Gasteiger partial charge is 0.481 e. The quantitative estimate of drug-likeness (QED) is 0.740. The molecule has 6 heteroatoms. The number of hydrogen-bond acceptors (Lipinski definition) is 4. The van der Waals surface area contributed by atoms with E-state index in [4.69, 9.17) is 9.84 Å². The first-order chi connectivity index (χ1) is 10.5. The third-order valence-corrected chi connectivity index (χ3v) is 3.71. The third-order valence-electron chi connectivity index (χ3n) is 3.71. The van der Waals surface area contributed by atoms with Gasteiger partial charge in [-0.2, -0.15) is 0 Å². The summed E-state index contributed by atoms with van der Waals surface area (Å²) < 4.78 is 5.42. The van der Waals surface area contributed by atoms with Crippen molar-refractivity contribution in [3.63, 3.8) is 0 Å². The average molecular weight is 307 g/mol. The normalized spacial score (nSPS) is 21.2. The van der Waals surface area contributed by atoms with Crippen LogP contribution in [-0.4, -0.2) is 53.3 Å². The van der Waals surface area contributed by atoms with E-state index in [2.05, 4.69) is 0 Å². The number of carbonyl (C=O) groups excluding carboxylic acids is 1. The fourth-order valence-corrected chi connectivity index (χ4v) is 2.37. The number of amides is 1. The molecular formula is C16H21NO5. The molecule has 0 aliphatic heterocycles. The molecule has 1 aromatic rings. The number of rotatable bonds is 8. The molecule has 0 aromatic heterocycles. The first kappa shape index (κ1) is 16.5. The molecule has 1 amide bonds. The molecule has 120 valence electrons. The van der Waals surface area contributed by atoms with Crippen LogP contribution >= 0.6 is 0 Å². The van der Waals surface area contributed by atoms with E-state index < -0.39 is 23.9 Å². The number of carboxylic acids is 1. The zero-order valence-corrected chi connectivity index (χ0v) is 12.5. The lowest BCUT2D eigenvalue weighted by atomic mass is 10.2. The fourth-order valence-electron chi connectivity index (χ4n) is 2.37. The number of carbonyl (C=O) groups is 2. The molecule has 1 fully saturated rings. The molecule has 1 saturated carbocycles. The van der Waals surface area contributed by atoms with Crippen molar-refractivity contribution < 1.29 is 24.5 Å². The number of aliphatic hydroxyl groups is 1. The Hall–Kier alpha value is -1.92. The van der Waals surface area contributed by atoms with E-state index in [0.29, 0.717) is 13.0 Å². The summed E-state index contributed by atoms with van der Waals surface area (Å²) in [4.78, 5) is 24.1. The van der Waals surface area contributed by atoms with Crippen molar-refractivity contribution in [2.75, 3.05) is 20.2 Å². The predicted molar refractivity (Wildman–Crippen MR) is 79.0 cm³/mol. The molecule has 1 aliphatic rings. The Morgan fingerprint density at radius 1 is 1.32 bits per heavy atom. The predicted octanol–water partition coefficient (Wildman–Crippen LogP) is 0.743. The summed E-state index contributed by atoms with van der Waals surface area (Å²) in [6.45, 7) is 0.662. The number of carboxylic acid groups (broad SMARTS) is 1. The molecule has 22 heavy (non-hydrogen) atoms. The van der Waals surface area contributed by atoms with Gasteiger partial charge < -0.3 is 19.8 Å². The first-order valence-corrected chi connectivity index (χ1v) is 7.26. The van der Waals surface area contributed by atoms with E-state index in [-0.39, 0.29) is 19.1 Å². The first-order valence-electron chi connectivity index (χ1n) is 7.26. The second-order valence-electron chi connectivity index (χ2n) is 5.66. The van der Waals surface area contributed by atoms with Crippen molar-refractivity contribution in [1.82, 2.24) is 4.90 Å². The van der Waals surface area contributed by atoms with Crippen LogP contribution in [0.1, 0.15) is 12.0 Å². The summed E-state index contributed by atoms with van der Waals surface area (Å²) in [7, 11) is 1.57. The van der Waals surface area contributed by atoms with Crippen molar-refractivity contribution in [1.29, 1.82) is 0 Å². The van der Waals surface area contributed by atoms with Crippen molar-refractivity contribution in [3.8, 4) is 0 Å². The molecule has 0 saturated heterocycles. The number of likely N-dealkylation sites (N-methyl/N-ethyl adjacent to an activating group) is 1. The second-order valence-corrected chi connectivity index (χ2v) is 5.66. The highest BCUT2D eigenvalue weighted by Crippen LogP contribution is 2.39. The molecule has 1 aliphatic carbocycles. The maximum atomic E-state index is 12.0. The summed E-state index contributed by atoms with van der Waals surface area (Å²) in [5.74, 6) is -2.17. The van der Waals surface area contributed by atoms with Crippen LogP contribution in [0.15, 0.2) is 30.3 Å². The molecule has 6 nitrogen and oxygen atoms in total. The molecule has 2 N–H and O–H groups in total. The van der Waals surface area contributed by atoms with Crippen LogP contribution in [0, 0.1) is 11.8 Å².